The van der Waals surface area contributed by atoms with Crippen LogP contribution in [-0.4, -0.2) is 38.4 Å². The van der Waals surface area contributed by atoms with Crippen molar-refractivity contribution < 1.29 is 12.8 Å². The molecular weight excluding hydrogens is 314 g/mol. The van der Waals surface area contributed by atoms with Crippen LogP contribution in [0.4, 0.5) is 4.39 Å². The minimum atomic E-state index is -3.74. The monoisotopic (exact) mass is 328 g/mol. The maximum absolute atomic E-state index is 13.2. The summed E-state index contributed by atoms with van der Waals surface area (Å²) < 4.78 is 39.4. The lowest BCUT2D eigenvalue weighted by Gasteiger charge is -2.33. The van der Waals surface area contributed by atoms with Crippen molar-refractivity contribution in [2.75, 3.05) is 19.6 Å². The topological polar surface area (TPSA) is 49.4 Å². The Balaban J connectivity index is 0.00000180. The molecule has 1 atom stereocenters. The molecule has 0 bridgehead atoms. The number of hydrogen-bond acceptors (Lipinski definition) is 3. The maximum Gasteiger partial charge on any atom is 0.244 e. The second kappa shape index (κ2) is 6.37. The van der Waals surface area contributed by atoms with Crippen molar-refractivity contribution in [2.24, 2.45) is 0 Å². The van der Waals surface area contributed by atoms with Gasteiger partial charge in [-0.25, -0.2) is 12.8 Å². The van der Waals surface area contributed by atoms with E-state index in [-0.39, 0.29) is 28.4 Å². The molecule has 1 aliphatic heterocycles. The molecule has 1 aromatic carbocycles. The minimum Gasteiger partial charge on any atom is -0.314 e. The van der Waals surface area contributed by atoms with Crippen molar-refractivity contribution >= 4 is 34.0 Å². The molecule has 8 heteroatoms. The van der Waals surface area contributed by atoms with Crippen LogP contribution in [0.15, 0.2) is 23.1 Å². The van der Waals surface area contributed by atoms with Crippen LogP contribution in [0.25, 0.3) is 0 Å². The van der Waals surface area contributed by atoms with Gasteiger partial charge in [-0.05, 0) is 25.1 Å². The zero-order valence-electron chi connectivity index (χ0n) is 10.3. The van der Waals surface area contributed by atoms with Gasteiger partial charge in [-0.1, -0.05) is 11.6 Å². The van der Waals surface area contributed by atoms with Crippen molar-refractivity contribution in [1.29, 1.82) is 0 Å². The molecule has 0 aromatic heterocycles. The molecule has 19 heavy (non-hydrogen) atoms. The summed E-state index contributed by atoms with van der Waals surface area (Å²) >= 11 is 5.86. The van der Waals surface area contributed by atoms with Crippen LogP contribution in [0.5, 0.6) is 0 Å². The third-order valence-corrected chi connectivity index (χ3v) is 5.42. The SMILES string of the molecule is C[C@H]1CNCCN1S(=O)(=O)c1cc(F)ccc1Cl.Cl. The molecule has 0 amide bonds. The fourth-order valence-corrected chi connectivity index (χ4v) is 4.10. The van der Waals surface area contributed by atoms with E-state index in [0.29, 0.717) is 19.6 Å². The second-order valence-corrected chi connectivity index (χ2v) is 6.51. The normalized spacial score (nSPS) is 20.9. The second-order valence-electron chi connectivity index (χ2n) is 4.24. The van der Waals surface area contributed by atoms with Crippen LogP contribution in [0.2, 0.25) is 5.02 Å². The average molecular weight is 329 g/mol. The largest absolute Gasteiger partial charge is 0.314 e. The highest BCUT2D eigenvalue weighted by atomic mass is 35.5. The molecule has 1 N–H and O–H groups in total. The molecule has 1 heterocycles. The van der Waals surface area contributed by atoms with Crippen LogP contribution in [0, 0.1) is 5.82 Å². The molecule has 108 valence electrons. The van der Waals surface area contributed by atoms with E-state index >= 15 is 0 Å². The molecule has 0 unspecified atom stereocenters. The van der Waals surface area contributed by atoms with E-state index in [9.17, 15) is 12.8 Å². The fraction of sp³-hybridized carbons (Fsp3) is 0.455. The molecule has 1 aromatic rings. The lowest BCUT2D eigenvalue weighted by Crippen LogP contribution is -2.52. The molecule has 1 aliphatic rings. The quantitative estimate of drug-likeness (QED) is 0.901. The van der Waals surface area contributed by atoms with E-state index in [2.05, 4.69) is 5.32 Å². The van der Waals surface area contributed by atoms with Gasteiger partial charge in [0, 0.05) is 25.7 Å². The lowest BCUT2D eigenvalue weighted by atomic mass is 10.3. The Morgan fingerprint density at radius 2 is 2.16 bits per heavy atom. The fourth-order valence-electron chi connectivity index (χ4n) is 1.98. The Bertz CT molecular complexity index is 554. The summed E-state index contributed by atoms with van der Waals surface area (Å²) in [6, 6.07) is 3.19. The van der Waals surface area contributed by atoms with E-state index in [0.717, 1.165) is 12.1 Å². The third kappa shape index (κ3) is 3.38. The van der Waals surface area contributed by atoms with Gasteiger partial charge in [-0.15, -0.1) is 12.4 Å². The van der Waals surface area contributed by atoms with E-state index in [1.54, 1.807) is 6.92 Å². The molecule has 4 nitrogen and oxygen atoms in total. The van der Waals surface area contributed by atoms with Gasteiger partial charge in [-0.3, -0.25) is 0 Å². The highest BCUT2D eigenvalue weighted by Gasteiger charge is 2.32. The van der Waals surface area contributed by atoms with Crippen molar-refractivity contribution in [1.82, 2.24) is 9.62 Å². The molecule has 2 rings (SSSR count). The summed E-state index contributed by atoms with van der Waals surface area (Å²) in [6.45, 7) is 3.32. The summed E-state index contributed by atoms with van der Waals surface area (Å²) in [5, 5.41) is 3.14. The lowest BCUT2D eigenvalue weighted by molar-refractivity contribution is 0.284. The zero-order valence-corrected chi connectivity index (χ0v) is 12.7. The number of halogens is 3. The first kappa shape index (κ1) is 16.7. The Hall–Kier alpha value is -0.400. The van der Waals surface area contributed by atoms with E-state index in [4.69, 9.17) is 11.6 Å². The number of piperazine rings is 1. The predicted molar refractivity (Wildman–Crippen MR) is 74.9 cm³/mol. The van der Waals surface area contributed by atoms with Crippen LogP contribution in [-0.2, 0) is 10.0 Å². The van der Waals surface area contributed by atoms with Gasteiger partial charge in [0.1, 0.15) is 10.7 Å². The number of hydrogen-bond donors (Lipinski definition) is 1. The first-order chi connectivity index (χ1) is 8.43. The van der Waals surface area contributed by atoms with Gasteiger partial charge < -0.3 is 5.32 Å². The molecular formula is C11H15Cl2FN2O2S. The Labute approximate surface area is 123 Å². The summed E-state index contributed by atoms with van der Waals surface area (Å²) in [5.41, 5.74) is 0. The van der Waals surface area contributed by atoms with Crippen LogP contribution in [0.1, 0.15) is 6.92 Å². The predicted octanol–water partition coefficient (Wildman–Crippen LogP) is 1.88. The molecule has 1 saturated heterocycles. The van der Waals surface area contributed by atoms with Gasteiger partial charge in [-0.2, -0.15) is 4.31 Å². The van der Waals surface area contributed by atoms with Crippen molar-refractivity contribution in [3.63, 3.8) is 0 Å². The molecule has 0 spiro atoms. The molecule has 0 saturated carbocycles. The van der Waals surface area contributed by atoms with E-state index in [1.165, 1.54) is 10.4 Å². The maximum atomic E-state index is 13.2. The Kier molecular flexibility index (Phi) is 5.58. The first-order valence-electron chi connectivity index (χ1n) is 5.60. The van der Waals surface area contributed by atoms with Crippen molar-refractivity contribution in [3.05, 3.63) is 29.0 Å². The van der Waals surface area contributed by atoms with Gasteiger partial charge >= 0.3 is 0 Å². The third-order valence-electron chi connectivity index (χ3n) is 2.92. The van der Waals surface area contributed by atoms with E-state index < -0.39 is 15.8 Å². The zero-order chi connectivity index (χ0) is 13.3. The number of sulfonamides is 1. The summed E-state index contributed by atoms with van der Waals surface area (Å²) in [7, 11) is -3.74. The Morgan fingerprint density at radius 1 is 1.47 bits per heavy atom. The first-order valence-corrected chi connectivity index (χ1v) is 7.42. The summed E-state index contributed by atoms with van der Waals surface area (Å²) in [4.78, 5) is -0.169. The highest BCUT2D eigenvalue weighted by molar-refractivity contribution is 7.89. The van der Waals surface area contributed by atoms with Gasteiger partial charge in [0.25, 0.3) is 0 Å². The smallest absolute Gasteiger partial charge is 0.244 e. The standard InChI is InChI=1S/C11H14ClFN2O2S.ClH/c1-8-7-14-4-5-15(8)18(16,17)11-6-9(13)2-3-10(11)12;/h2-3,6,8,14H,4-5,7H2,1H3;1H/t8-;/m0./s1. The van der Waals surface area contributed by atoms with Crippen molar-refractivity contribution in [2.45, 2.75) is 17.9 Å². The number of nitrogens with one attached hydrogen (secondary N) is 1. The summed E-state index contributed by atoms with van der Waals surface area (Å²) in [6.07, 6.45) is 0. The van der Waals surface area contributed by atoms with E-state index in [1.807, 2.05) is 0 Å². The van der Waals surface area contributed by atoms with Crippen LogP contribution < -0.4 is 5.32 Å². The number of rotatable bonds is 2. The Morgan fingerprint density at radius 3 is 2.79 bits per heavy atom. The highest BCUT2D eigenvalue weighted by Crippen LogP contribution is 2.27. The van der Waals surface area contributed by atoms with Crippen LogP contribution in [0.3, 0.4) is 0 Å². The average Bonchev–Trinajstić information content (AvgIpc) is 2.32. The number of nitrogens with zero attached hydrogens (tertiary/aromatic N) is 1. The van der Waals surface area contributed by atoms with Crippen molar-refractivity contribution in [3.8, 4) is 0 Å². The summed E-state index contributed by atoms with van der Waals surface area (Å²) in [5.74, 6) is -0.610. The van der Waals surface area contributed by atoms with Gasteiger partial charge in [0.15, 0.2) is 0 Å². The minimum absolute atomic E-state index is 0. The van der Waals surface area contributed by atoms with Gasteiger partial charge in [0.2, 0.25) is 10.0 Å². The van der Waals surface area contributed by atoms with Crippen LogP contribution >= 0.6 is 24.0 Å². The number of benzene rings is 1. The molecule has 0 radical (unpaired) electrons. The molecule has 0 aliphatic carbocycles. The molecule has 1 fully saturated rings. The van der Waals surface area contributed by atoms with Gasteiger partial charge in [0.05, 0.1) is 5.02 Å².